The molecule has 24 heavy (non-hydrogen) atoms. The zero-order valence-electron chi connectivity index (χ0n) is 14.0. The van der Waals surface area contributed by atoms with E-state index in [9.17, 15) is 4.79 Å². The molecule has 1 N–H and O–H groups in total. The minimum Gasteiger partial charge on any atom is -0.462 e. The first kappa shape index (κ1) is 17.2. The maximum atomic E-state index is 12.3. The van der Waals surface area contributed by atoms with Crippen LogP contribution in [0, 0.1) is 5.92 Å². The molecule has 1 saturated carbocycles. The number of halogens is 1. The van der Waals surface area contributed by atoms with Gasteiger partial charge in [0.1, 0.15) is 5.56 Å². The lowest BCUT2D eigenvalue weighted by molar-refractivity contribution is 0.0527. The molecule has 1 aliphatic rings. The Kier molecular flexibility index (Phi) is 5.72. The molecule has 1 heterocycles. The van der Waals surface area contributed by atoms with E-state index in [2.05, 4.69) is 26.2 Å². The summed E-state index contributed by atoms with van der Waals surface area (Å²) in [4.78, 5) is 16.8. The largest absolute Gasteiger partial charge is 0.462 e. The van der Waals surface area contributed by atoms with Gasteiger partial charge in [-0.3, -0.25) is 4.98 Å². The Labute approximate surface area is 151 Å². The van der Waals surface area contributed by atoms with E-state index in [0.29, 0.717) is 18.1 Å². The second-order valence-electron chi connectivity index (χ2n) is 6.31. The molecule has 0 atom stereocenters. The molecule has 5 heteroatoms. The number of rotatable bonds is 5. The van der Waals surface area contributed by atoms with Gasteiger partial charge in [0.15, 0.2) is 0 Å². The van der Waals surface area contributed by atoms with Crippen LogP contribution >= 0.6 is 15.9 Å². The molecule has 1 aliphatic carbocycles. The van der Waals surface area contributed by atoms with Crippen LogP contribution in [0.3, 0.4) is 0 Å². The molecule has 4 nitrogen and oxygen atoms in total. The summed E-state index contributed by atoms with van der Waals surface area (Å²) >= 11 is 3.51. The average molecular weight is 391 g/mol. The van der Waals surface area contributed by atoms with Gasteiger partial charge < -0.3 is 10.1 Å². The summed E-state index contributed by atoms with van der Waals surface area (Å²) < 4.78 is 6.18. The fraction of sp³-hybridized carbons (Fsp3) is 0.474. The third-order valence-electron chi connectivity index (χ3n) is 4.62. The van der Waals surface area contributed by atoms with Gasteiger partial charge in [0.05, 0.1) is 17.8 Å². The van der Waals surface area contributed by atoms with Gasteiger partial charge in [-0.15, -0.1) is 0 Å². The highest BCUT2D eigenvalue weighted by Crippen LogP contribution is 2.31. The van der Waals surface area contributed by atoms with E-state index < -0.39 is 0 Å². The molecule has 0 amide bonds. The third-order valence-corrected chi connectivity index (χ3v) is 5.11. The van der Waals surface area contributed by atoms with Gasteiger partial charge in [0, 0.05) is 22.6 Å². The second-order valence-corrected chi connectivity index (χ2v) is 7.23. The number of pyridine rings is 1. The van der Waals surface area contributed by atoms with Crippen LogP contribution in [0.5, 0.6) is 0 Å². The summed E-state index contributed by atoms with van der Waals surface area (Å²) in [5, 5.41) is 4.48. The fourth-order valence-electron chi connectivity index (χ4n) is 3.36. The molecular weight excluding hydrogens is 368 g/mol. The zero-order valence-corrected chi connectivity index (χ0v) is 15.6. The van der Waals surface area contributed by atoms with E-state index in [-0.39, 0.29) is 5.97 Å². The van der Waals surface area contributed by atoms with Gasteiger partial charge in [-0.25, -0.2) is 4.79 Å². The van der Waals surface area contributed by atoms with E-state index in [0.717, 1.165) is 27.6 Å². The number of carbonyl (C=O) groups excluding carboxylic acids is 1. The van der Waals surface area contributed by atoms with Crippen molar-refractivity contribution in [3.63, 3.8) is 0 Å². The van der Waals surface area contributed by atoms with Gasteiger partial charge in [0.2, 0.25) is 0 Å². The number of hydrogen-bond acceptors (Lipinski definition) is 4. The van der Waals surface area contributed by atoms with Crippen LogP contribution in [0.2, 0.25) is 0 Å². The topological polar surface area (TPSA) is 51.2 Å². The smallest absolute Gasteiger partial charge is 0.341 e. The van der Waals surface area contributed by atoms with E-state index in [4.69, 9.17) is 4.74 Å². The van der Waals surface area contributed by atoms with Crippen LogP contribution in [-0.4, -0.2) is 24.1 Å². The Bertz CT molecular complexity index is 727. The highest BCUT2D eigenvalue weighted by molar-refractivity contribution is 9.10. The van der Waals surface area contributed by atoms with Crippen LogP contribution < -0.4 is 5.32 Å². The van der Waals surface area contributed by atoms with Crippen molar-refractivity contribution in [1.29, 1.82) is 0 Å². The number of fused-ring (bicyclic) bond motifs is 1. The van der Waals surface area contributed by atoms with Crippen molar-refractivity contribution >= 4 is 38.5 Å². The lowest BCUT2D eigenvalue weighted by atomic mass is 9.89. The molecule has 1 aromatic carbocycles. The van der Waals surface area contributed by atoms with Gasteiger partial charge >= 0.3 is 5.97 Å². The van der Waals surface area contributed by atoms with Gasteiger partial charge in [-0.1, -0.05) is 35.2 Å². The minimum atomic E-state index is -0.321. The zero-order chi connectivity index (χ0) is 16.9. The minimum absolute atomic E-state index is 0.321. The van der Waals surface area contributed by atoms with Gasteiger partial charge in [0.25, 0.3) is 0 Å². The lowest BCUT2D eigenvalue weighted by Crippen LogP contribution is -2.19. The number of carbonyl (C=O) groups is 1. The van der Waals surface area contributed by atoms with Gasteiger partial charge in [-0.2, -0.15) is 0 Å². The molecule has 0 radical (unpaired) electrons. The molecule has 1 aromatic heterocycles. The number of anilines is 1. The van der Waals surface area contributed by atoms with Crippen molar-refractivity contribution in [3.05, 3.63) is 34.4 Å². The van der Waals surface area contributed by atoms with Crippen LogP contribution in [0.15, 0.2) is 28.9 Å². The van der Waals surface area contributed by atoms with Crippen molar-refractivity contribution in [2.45, 2.75) is 39.0 Å². The van der Waals surface area contributed by atoms with Crippen LogP contribution in [-0.2, 0) is 4.74 Å². The average Bonchev–Trinajstić information content (AvgIpc) is 2.60. The standard InChI is InChI=1S/C19H23BrN2O2/c1-2-24-19(23)16-12-21-17-9-8-14(20)10-15(17)18(16)22-11-13-6-4-3-5-7-13/h8-10,12-13H,2-7,11H2,1H3,(H,21,22). The number of nitrogens with zero attached hydrogens (tertiary/aromatic N) is 1. The normalized spacial score (nSPS) is 15.4. The summed E-state index contributed by atoms with van der Waals surface area (Å²) in [5.41, 5.74) is 2.22. The predicted octanol–water partition coefficient (Wildman–Crippen LogP) is 5.17. The molecule has 2 aromatic rings. The Hall–Kier alpha value is -1.62. The van der Waals surface area contributed by atoms with E-state index in [1.807, 2.05) is 25.1 Å². The molecule has 0 saturated heterocycles. The first-order chi connectivity index (χ1) is 11.7. The Morgan fingerprint density at radius 1 is 1.33 bits per heavy atom. The van der Waals surface area contributed by atoms with Crippen LogP contribution in [0.4, 0.5) is 5.69 Å². The molecular formula is C19H23BrN2O2. The molecule has 0 aliphatic heterocycles. The molecule has 0 spiro atoms. The van der Waals surface area contributed by atoms with E-state index in [1.165, 1.54) is 32.1 Å². The van der Waals surface area contributed by atoms with Crippen LogP contribution in [0.25, 0.3) is 10.9 Å². The Morgan fingerprint density at radius 2 is 2.12 bits per heavy atom. The molecule has 3 rings (SSSR count). The maximum absolute atomic E-state index is 12.3. The highest BCUT2D eigenvalue weighted by atomic mass is 79.9. The number of aromatic nitrogens is 1. The SMILES string of the molecule is CCOC(=O)c1cnc2ccc(Br)cc2c1NCC1CCCCC1. The van der Waals surface area contributed by atoms with Crippen molar-refractivity contribution in [2.75, 3.05) is 18.5 Å². The number of ether oxygens (including phenoxy) is 1. The highest BCUT2D eigenvalue weighted by Gasteiger charge is 2.19. The van der Waals surface area contributed by atoms with Crippen molar-refractivity contribution in [1.82, 2.24) is 4.98 Å². The van der Waals surface area contributed by atoms with Crippen molar-refractivity contribution < 1.29 is 9.53 Å². The second kappa shape index (κ2) is 7.97. The summed E-state index contributed by atoms with van der Waals surface area (Å²) in [6, 6.07) is 5.93. The van der Waals surface area contributed by atoms with E-state index in [1.54, 1.807) is 6.20 Å². The monoisotopic (exact) mass is 390 g/mol. The molecule has 1 fully saturated rings. The predicted molar refractivity (Wildman–Crippen MR) is 100 cm³/mol. The van der Waals surface area contributed by atoms with Crippen LogP contribution in [0.1, 0.15) is 49.4 Å². The number of nitrogens with one attached hydrogen (secondary N) is 1. The summed E-state index contributed by atoms with van der Waals surface area (Å²) in [6.07, 6.45) is 8.09. The van der Waals surface area contributed by atoms with Crippen molar-refractivity contribution in [2.24, 2.45) is 5.92 Å². The van der Waals surface area contributed by atoms with E-state index >= 15 is 0 Å². The molecule has 0 bridgehead atoms. The summed E-state index contributed by atoms with van der Waals surface area (Å²) in [6.45, 7) is 3.06. The van der Waals surface area contributed by atoms with Crippen molar-refractivity contribution in [3.8, 4) is 0 Å². The Balaban J connectivity index is 1.94. The summed E-state index contributed by atoms with van der Waals surface area (Å²) in [7, 11) is 0. The number of benzene rings is 1. The van der Waals surface area contributed by atoms with Gasteiger partial charge in [-0.05, 0) is 43.9 Å². The molecule has 0 unspecified atom stereocenters. The first-order valence-electron chi connectivity index (χ1n) is 8.68. The lowest BCUT2D eigenvalue weighted by Gasteiger charge is -2.23. The fourth-order valence-corrected chi connectivity index (χ4v) is 3.72. The first-order valence-corrected chi connectivity index (χ1v) is 9.47. The number of esters is 1. The molecule has 128 valence electrons. The third kappa shape index (κ3) is 3.89. The number of hydrogen-bond donors (Lipinski definition) is 1. The maximum Gasteiger partial charge on any atom is 0.341 e. The summed E-state index contributed by atoms with van der Waals surface area (Å²) in [5.74, 6) is 0.349. The Morgan fingerprint density at radius 3 is 2.88 bits per heavy atom. The quantitative estimate of drug-likeness (QED) is 0.715.